The van der Waals surface area contributed by atoms with E-state index in [1.54, 1.807) is 36.4 Å². The molecule has 0 aliphatic rings. The summed E-state index contributed by atoms with van der Waals surface area (Å²) < 4.78 is 5.53. The Hall–Kier alpha value is -3.72. The molecule has 1 heterocycles. The number of amides is 1. The third-order valence-electron chi connectivity index (χ3n) is 3.13. The fourth-order valence-corrected chi connectivity index (χ4v) is 1.97. The van der Waals surface area contributed by atoms with E-state index in [0.29, 0.717) is 17.0 Å². The van der Waals surface area contributed by atoms with E-state index in [2.05, 4.69) is 15.5 Å². The molecule has 3 rings (SSSR count). The third-order valence-corrected chi connectivity index (χ3v) is 3.13. The molecule has 0 bridgehead atoms. The minimum atomic E-state index is -0.363. The van der Waals surface area contributed by atoms with Crippen molar-refractivity contribution >= 4 is 11.6 Å². The Morgan fingerprint density at radius 2 is 1.71 bits per heavy atom. The lowest BCUT2D eigenvalue weighted by Gasteiger charge is -2.06. The van der Waals surface area contributed by atoms with Gasteiger partial charge in [-0.3, -0.25) is 4.79 Å². The normalized spacial score (nSPS) is 9.79. The average Bonchev–Trinajstić information content (AvgIpc) is 2.63. The topological polar surface area (TPSA) is 87.9 Å². The van der Waals surface area contributed by atoms with Crippen molar-refractivity contribution < 1.29 is 9.53 Å². The number of aromatic nitrogens is 2. The molecule has 0 radical (unpaired) electrons. The van der Waals surface area contributed by atoms with Gasteiger partial charge in [-0.2, -0.15) is 5.26 Å². The van der Waals surface area contributed by atoms with Gasteiger partial charge in [0.15, 0.2) is 5.69 Å². The molecule has 0 saturated carbocycles. The standard InChI is InChI=1S/C18H12N4O2/c19-12-13-6-4-5-9-16(13)24-17-11-10-15(21-22-17)18(23)20-14-7-2-1-3-8-14/h1-11H,(H,20,23). The average molecular weight is 316 g/mol. The summed E-state index contributed by atoms with van der Waals surface area (Å²) in [5.74, 6) is 0.224. The van der Waals surface area contributed by atoms with Crippen LogP contribution >= 0.6 is 0 Å². The minimum Gasteiger partial charge on any atom is -0.436 e. The van der Waals surface area contributed by atoms with Crippen molar-refractivity contribution in [3.05, 3.63) is 78.0 Å². The van der Waals surface area contributed by atoms with Gasteiger partial charge in [0, 0.05) is 11.8 Å². The molecule has 6 nitrogen and oxygen atoms in total. The van der Waals surface area contributed by atoms with Gasteiger partial charge in [0.25, 0.3) is 5.91 Å². The van der Waals surface area contributed by atoms with E-state index in [1.165, 1.54) is 12.1 Å². The lowest BCUT2D eigenvalue weighted by molar-refractivity contribution is 0.102. The van der Waals surface area contributed by atoms with Crippen LogP contribution in [-0.2, 0) is 0 Å². The number of para-hydroxylation sites is 2. The van der Waals surface area contributed by atoms with Crippen molar-refractivity contribution in [2.75, 3.05) is 5.32 Å². The minimum absolute atomic E-state index is 0.166. The number of nitrogens with one attached hydrogen (secondary N) is 1. The number of ether oxygens (including phenoxy) is 1. The van der Waals surface area contributed by atoms with E-state index in [-0.39, 0.29) is 17.5 Å². The fraction of sp³-hybridized carbons (Fsp3) is 0. The van der Waals surface area contributed by atoms with E-state index in [9.17, 15) is 4.79 Å². The second-order valence-corrected chi connectivity index (χ2v) is 4.79. The molecule has 0 saturated heterocycles. The molecule has 0 spiro atoms. The smallest absolute Gasteiger partial charge is 0.276 e. The second-order valence-electron chi connectivity index (χ2n) is 4.79. The predicted octanol–water partition coefficient (Wildman–Crippen LogP) is 3.39. The SMILES string of the molecule is N#Cc1ccccc1Oc1ccc(C(=O)Nc2ccccc2)nn1. The molecular weight excluding hydrogens is 304 g/mol. The highest BCUT2D eigenvalue weighted by Crippen LogP contribution is 2.22. The lowest BCUT2D eigenvalue weighted by Crippen LogP contribution is -2.14. The summed E-state index contributed by atoms with van der Waals surface area (Å²) in [6, 6.07) is 20.9. The van der Waals surface area contributed by atoms with Crippen LogP contribution in [0.15, 0.2) is 66.7 Å². The van der Waals surface area contributed by atoms with Gasteiger partial charge in [0.2, 0.25) is 5.88 Å². The molecule has 0 aliphatic heterocycles. The molecule has 1 N–H and O–H groups in total. The highest BCUT2D eigenvalue weighted by Gasteiger charge is 2.10. The van der Waals surface area contributed by atoms with Crippen LogP contribution in [0.2, 0.25) is 0 Å². The number of hydrogen-bond acceptors (Lipinski definition) is 5. The molecule has 0 unspecified atom stereocenters. The fourth-order valence-electron chi connectivity index (χ4n) is 1.97. The van der Waals surface area contributed by atoms with Crippen molar-refractivity contribution in [2.45, 2.75) is 0 Å². The van der Waals surface area contributed by atoms with Gasteiger partial charge in [0.05, 0.1) is 5.56 Å². The van der Waals surface area contributed by atoms with Crippen molar-refractivity contribution in [3.8, 4) is 17.7 Å². The van der Waals surface area contributed by atoms with Crippen LogP contribution in [0.1, 0.15) is 16.1 Å². The van der Waals surface area contributed by atoms with Gasteiger partial charge in [-0.05, 0) is 30.3 Å². The maximum atomic E-state index is 12.1. The summed E-state index contributed by atoms with van der Waals surface area (Å²) in [5, 5.41) is 19.5. The van der Waals surface area contributed by atoms with Crippen molar-refractivity contribution in [1.29, 1.82) is 5.26 Å². The zero-order valence-electron chi connectivity index (χ0n) is 12.5. The number of hydrogen-bond donors (Lipinski definition) is 1. The Balaban J connectivity index is 1.71. The number of rotatable bonds is 4. The first kappa shape index (κ1) is 15.2. The highest BCUT2D eigenvalue weighted by atomic mass is 16.5. The van der Waals surface area contributed by atoms with Crippen LogP contribution in [0.4, 0.5) is 5.69 Å². The van der Waals surface area contributed by atoms with Crippen molar-refractivity contribution in [3.63, 3.8) is 0 Å². The van der Waals surface area contributed by atoms with Gasteiger partial charge in [-0.25, -0.2) is 0 Å². The number of nitriles is 1. The van der Waals surface area contributed by atoms with Gasteiger partial charge in [0.1, 0.15) is 11.8 Å². The van der Waals surface area contributed by atoms with Crippen molar-refractivity contribution in [1.82, 2.24) is 10.2 Å². The molecule has 116 valence electrons. The van der Waals surface area contributed by atoms with E-state index in [1.807, 2.05) is 24.3 Å². The number of carbonyl (C=O) groups excluding carboxylic acids is 1. The molecule has 6 heteroatoms. The van der Waals surface area contributed by atoms with E-state index >= 15 is 0 Å². The summed E-state index contributed by atoms with van der Waals surface area (Å²) in [7, 11) is 0. The Morgan fingerprint density at radius 1 is 0.958 bits per heavy atom. The molecule has 1 amide bonds. The molecule has 0 aliphatic carbocycles. The molecule has 2 aromatic carbocycles. The zero-order valence-corrected chi connectivity index (χ0v) is 12.5. The number of benzene rings is 2. The predicted molar refractivity (Wildman–Crippen MR) is 87.7 cm³/mol. The molecule has 24 heavy (non-hydrogen) atoms. The van der Waals surface area contributed by atoms with Crippen LogP contribution < -0.4 is 10.1 Å². The summed E-state index contributed by atoms with van der Waals surface area (Å²) in [4.78, 5) is 12.1. The Morgan fingerprint density at radius 3 is 2.42 bits per heavy atom. The first-order chi connectivity index (χ1) is 11.8. The van der Waals surface area contributed by atoms with E-state index < -0.39 is 0 Å². The highest BCUT2D eigenvalue weighted by molar-refractivity contribution is 6.02. The van der Waals surface area contributed by atoms with Gasteiger partial charge in [-0.1, -0.05) is 30.3 Å². The van der Waals surface area contributed by atoms with E-state index in [4.69, 9.17) is 10.00 Å². The first-order valence-corrected chi connectivity index (χ1v) is 7.13. The number of carbonyl (C=O) groups is 1. The van der Waals surface area contributed by atoms with Crippen LogP contribution in [0.3, 0.4) is 0 Å². The van der Waals surface area contributed by atoms with Crippen molar-refractivity contribution in [2.24, 2.45) is 0 Å². The Labute approximate surface area is 138 Å². The second kappa shape index (κ2) is 7.03. The van der Waals surface area contributed by atoms with Gasteiger partial charge >= 0.3 is 0 Å². The van der Waals surface area contributed by atoms with Gasteiger partial charge < -0.3 is 10.1 Å². The summed E-state index contributed by atoms with van der Waals surface area (Å²) >= 11 is 0. The Kier molecular flexibility index (Phi) is 4.45. The first-order valence-electron chi connectivity index (χ1n) is 7.13. The Bertz CT molecular complexity index is 887. The molecule has 0 fully saturated rings. The zero-order chi connectivity index (χ0) is 16.8. The number of nitrogens with zero attached hydrogens (tertiary/aromatic N) is 3. The molecule has 0 atom stereocenters. The maximum Gasteiger partial charge on any atom is 0.276 e. The lowest BCUT2D eigenvalue weighted by atomic mass is 10.2. The maximum absolute atomic E-state index is 12.1. The van der Waals surface area contributed by atoms with Crippen LogP contribution in [0.5, 0.6) is 11.6 Å². The summed E-state index contributed by atoms with van der Waals surface area (Å²) in [6.07, 6.45) is 0. The largest absolute Gasteiger partial charge is 0.436 e. The summed E-state index contributed by atoms with van der Waals surface area (Å²) in [6.45, 7) is 0. The van der Waals surface area contributed by atoms with Crippen LogP contribution in [-0.4, -0.2) is 16.1 Å². The van der Waals surface area contributed by atoms with E-state index in [0.717, 1.165) is 0 Å². The summed E-state index contributed by atoms with van der Waals surface area (Å²) in [5.41, 5.74) is 1.23. The molecular formula is C18H12N4O2. The number of anilines is 1. The monoisotopic (exact) mass is 316 g/mol. The van der Waals surface area contributed by atoms with Crippen LogP contribution in [0.25, 0.3) is 0 Å². The molecule has 1 aromatic heterocycles. The van der Waals surface area contributed by atoms with Crippen LogP contribution in [0, 0.1) is 11.3 Å². The third kappa shape index (κ3) is 3.54. The van der Waals surface area contributed by atoms with Gasteiger partial charge in [-0.15, -0.1) is 10.2 Å². The molecule has 3 aromatic rings. The quantitative estimate of drug-likeness (QED) is 0.797.